The molecule has 4 N–H and O–H groups in total. The van der Waals surface area contributed by atoms with E-state index in [0.29, 0.717) is 6.07 Å². The van der Waals surface area contributed by atoms with E-state index in [-0.39, 0.29) is 34.3 Å². The summed E-state index contributed by atoms with van der Waals surface area (Å²) < 4.78 is 54.2. The molecule has 2 amide bonds. The lowest BCUT2D eigenvalue weighted by Crippen LogP contribution is -2.23. The fraction of sp³-hybridized carbons (Fsp3) is 0.0833. The normalized spacial score (nSPS) is 11.4. The van der Waals surface area contributed by atoms with Crippen molar-refractivity contribution < 1.29 is 32.3 Å². The Morgan fingerprint density at radius 1 is 1.08 bits per heavy atom. The number of nitrogens with two attached hydrogens (primary N) is 1. The van der Waals surface area contributed by atoms with Gasteiger partial charge in [-0.1, -0.05) is 18.2 Å². The highest BCUT2D eigenvalue weighted by molar-refractivity contribution is 6.10. The van der Waals surface area contributed by atoms with E-state index in [2.05, 4.69) is 10.3 Å². The second-order valence-electron chi connectivity index (χ2n) is 7.75. The molecule has 0 aliphatic carbocycles. The summed E-state index contributed by atoms with van der Waals surface area (Å²) >= 11 is 0. The third-order valence-corrected chi connectivity index (χ3v) is 5.30. The number of carbonyl (C=O) groups is 2. The number of primary amides is 1. The molecule has 4 aromatic rings. The minimum atomic E-state index is -4.55. The zero-order valence-corrected chi connectivity index (χ0v) is 18.1. The Balaban J connectivity index is 1.72. The molecule has 0 radical (unpaired) electrons. The first-order valence-electron chi connectivity index (χ1n) is 10.2. The number of hydrogen-bond acceptors (Lipinski definition) is 5. The van der Waals surface area contributed by atoms with E-state index < -0.39 is 46.2 Å². The Morgan fingerprint density at radius 3 is 2.50 bits per heavy atom. The maximum absolute atomic E-state index is 14.0. The molecule has 0 aliphatic rings. The van der Waals surface area contributed by atoms with Crippen molar-refractivity contribution in [3.8, 4) is 5.75 Å². The fourth-order valence-electron chi connectivity index (χ4n) is 3.57. The molecule has 0 unspecified atom stereocenters. The minimum absolute atomic E-state index is 0.0116. The number of benzene rings is 3. The monoisotopic (exact) mass is 500 g/mol. The summed E-state index contributed by atoms with van der Waals surface area (Å²) in [5.74, 6) is -4.34. The molecule has 184 valence electrons. The van der Waals surface area contributed by atoms with Gasteiger partial charge in [0.1, 0.15) is 0 Å². The van der Waals surface area contributed by atoms with Crippen molar-refractivity contribution in [1.82, 2.24) is 9.55 Å². The summed E-state index contributed by atoms with van der Waals surface area (Å²) in [6.07, 6.45) is -3.38. The van der Waals surface area contributed by atoms with Crippen LogP contribution in [0.3, 0.4) is 0 Å². The number of nitrogens with one attached hydrogen (secondary N) is 1. The first kappa shape index (κ1) is 24.4. The van der Waals surface area contributed by atoms with Gasteiger partial charge >= 0.3 is 6.18 Å². The van der Waals surface area contributed by atoms with Gasteiger partial charge in [0.2, 0.25) is 0 Å². The minimum Gasteiger partial charge on any atom is -0.504 e. The third kappa shape index (κ3) is 4.73. The number of hydrogen-bond donors (Lipinski definition) is 3. The standard InChI is InChI=1S/C24H16F4N4O4/c25-16-9-13(8-15(20(16)33)21(29)34)22(35)31-18-6-2-5-17-19(18)23(36)32(11-30-17)10-12-3-1-4-14(7-12)24(26,27)28/h1-9,11,33H,10H2,(H2,29,34)(H,31,35). The van der Waals surface area contributed by atoms with Crippen molar-refractivity contribution in [1.29, 1.82) is 0 Å². The van der Waals surface area contributed by atoms with Crippen LogP contribution in [-0.4, -0.2) is 26.5 Å². The van der Waals surface area contributed by atoms with Crippen LogP contribution in [0, 0.1) is 5.82 Å². The number of anilines is 1. The van der Waals surface area contributed by atoms with Gasteiger partial charge in [0.05, 0.1) is 40.6 Å². The van der Waals surface area contributed by atoms with Crippen LogP contribution in [0.25, 0.3) is 10.9 Å². The van der Waals surface area contributed by atoms with E-state index in [4.69, 9.17) is 5.73 Å². The SMILES string of the molecule is NC(=O)c1cc(C(=O)Nc2cccc3ncn(Cc4cccc(C(F)(F)F)c4)c(=O)c23)cc(F)c1O. The molecule has 1 aromatic heterocycles. The molecule has 0 aliphatic heterocycles. The molecule has 0 saturated heterocycles. The average molecular weight is 500 g/mol. The Morgan fingerprint density at radius 2 is 1.81 bits per heavy atom. The van der Waals surface area contributed by atoms with Crippen LogP contribution in [0.2, 0.25) is 0 Å². The van der Waals surface area contributed by atoms with Crippen LogP contribution >= 0.6 is 0 Å². The molecule has 3 aromatic carbocycles. The van der Waals surface area contributed by atoms with Crippen molar-refractivity contribution in [2.75, 3.05) is 5.32 Å². The second kappa shape index (κ2) is 9.13. The number of halogens is 4. The molecule has 0 atom stereocenters. The molecular weight excluding hydrogens is 484 g/mol. The second-order valence-corrected chi connectivity index (χ2v) is 7.75. The van der Waals surface area contributed by atoms with Crippen LogP contribution < -0.4 is 16.6 Å². The van der Waals surface area contributed by atoms with E-state index in [0.717, 1.165) is 22.8 Å². The van der Waals surface area contributed by atoms with Crippen molar-refractivity contribution in [3.63, 3.8) is 0 Å². The summed E-state index contributed by atoms with van der Waals surface area (Å²) in [4.78, 5) is 41.5. The van der Waals surface area contributed by atoms with Gasteiger partial charge in [-0.3, -0.25) is 19.0 Å². The lowest BCUT2D eigenvalue weighted by molar-refractivity contribution is -0.137. The number of fused-ring (bicyclic) bond motifs is 1. The van der Waals surface area contributed by atoms with Gasteiger partial charge in [0.25, 0.3) is 17.4 Å². The highest BCUT2D eigenvalue weighted by Crippen LogP contribution is 2.30. The number of aromatic hydroxyl groups is 1. The molecule has 0 spiro atoms. The maximum atomic E-state index is 14.0. The van der Waals surface area contributed by atoms with E-state index >= 15 is 0 Å². The number of nitrogens with zero attached hydrogens (tertiary/aromatic N) is 2. The van der Waals surface area contributed by atoms with Gasteiger partial charge in [-0.25, -0.2) is 9.37 Å². The van der Waals surface area contributed by atoms with Gasteiger partial charge in [-0.05, 0) is 42.0 Å². The predicted octanol–water partition coefficient (Wildman–Crippen LogP) is 3.66. The number of rotatable bonds is 5. The largest absolute Gasteiger partial charge is 0.504 e. The topological polar surface area (TPSA) is 127 Å². The number of phenols is 1. The summed E-state index contributed by atoms with van der Waals surface area (Å²) in [5.41, 5.74) is 2.99. The molecule has 36 heavy (non-hydrogen) atoms. The molecule has 4 rings (SSSR count). The van der Waals surface area contributed by atoms with Crippen LogP contribution in [0.4, 0.5) is 23.2 Å². The summed E-state index contributed by atoms with van der Waals surface area (Å²) in [6, 6.07) is 10.4. The Kier molecular flexibility index (Phi) is 6.19. The van der Waals surface area contributed by atoms with Gasteiger partial charge in [0, 0.05) is 5.56 Å². The Labute approximate surface area is 199 Å². The summed E-state index contributed by atoms with van der Waals surface area (Å²) in [7, 11) is 0. The van der Waals surface area contributed by atoms with Gasteiger partial charge < -0.3 is 16.2 Å². The summed E-state index contributed by atoms with van der Waals surface area (Å²) in [5, 5.41) is 12.0. The quantitative estimate of drug-likeness (QED) is 0.361. The van der Waals surface area contributed by atoms with Crippen molar-refractivity contribution in [3.05, 3.63) is 99.3 Å². The molecular formula is C24H16F4N4O4. The number of alkyl halides is 3. The number of carbonyl (C=O) groups excluding carboxylic acids is 2. The average Bonchev–Trinajstić information content (AvgIpc) is 2.82. The van der Waals surface area contributed by atoms with Crippen LogP contribution in [0.1, 0.15) is 31.8 Å². The number of aromatic nitrogens is 2. The predicted molar refractivity (Wildman–Crippen MR) is 121 cm³/mol. The van der Waals surface area contributed by atoms with Crippen LogP contribution in [-0.2, 0) is 12.7 Å². The first-order valence-corrected chi connectivity index (χ1v) is 10.2. The van der Waals surface area contributed by atoms with Crippen LogP contribution in [0.15, 0.2) is 65.7 Å². The molecule has 12 heteroatoms. The maximum Gasteiger partial charge on any atom is 0.416 e. The van der Waals surface area contributed by atoms with Gasteiger partial charge in [-0.2, -0.15) is 13.2 Å². The Hall–Kier alpha value is -4.74. The van der Waals surface area contributed by atoms with E-state index in [1.165, 1.54) is 36.7 Å². The van der Waals surface area contributed by atoms with E-state index in [1.807, 2.05) is 0 Å². The zero-order valence-electron chi connectivity index (χ0n) is 18.1. The van der Waals surface area contributed by atoms with Crippen molar-refractivity contribution in [2.24, 2.45) is 5.73 Å². The van der Waals surface area contributed by atoms with E-state index in [1.54, 1.807) is 0 Å². The highest BCUT2D eigenvalue weighted by atomic mass is 19.4. The molecule has 1 heterocycles. The first-order chi connectivity index (χ1) is 17.0. The lowest BCUT2D eigenvalue weighted by Gasteiger charge is -2.13. The highest BCUT2D eigenvalue weighted by Gasteiger charge is 2.30. The lowest BCUT2D eigenvalue weighted by atomic mass is 10.1. The van der Waals surface area contributed by atoms with Crippen molar-refractivity contribution >= 4 is 28.4 Å². The molecule has 0 saturated carbocycles. The molecule has 0 bridgehead atoms. The molecule has 8 nitrogen and oxygen atoms in total. The third-order valence-electron chi connectivity index (χ3n) is 5.30. The fourth-order valence-corrected chi connectivity index (χ4v) is 3.57. The Bertz CT molecular complexity index is 1580. The smallest absolute Gasteiger partial charge is 0.416 e. The van der Waals surface area contributed by atoms with Crippen molar-refractivity contribution in [2.45, 2.75) is 12.7 Å². The molecule has 0 fully saturated rings. The zero-order chi connectivity index (χ0) is 26.2. The summed E-state index contributed by atoms with van der Waals surface area (Å²) in [6.45, 7) is -0.223. The van der Waals surface area contributed by atoms with E-state index in [9.17, 15) is 37.1 Å². The number of amides is 2. The van der Waals surface area contributed by atoms with Gasteiger partial charge in [0.15, 0.2) is 11.6 Å². The van der Waals surface area contributed by atoms with Gasteiger partial charge in [-0.15, -0.1) is 0 Å². The van der Waals surface area contributed by atoms with Crippen LogP contribution in [0.5, 0.6) is 5.75 Å².